The van der Waals surface area contributed by atoms with Gasteiger partial charge in [-0.2, -0.15) is 0 Å². The quantitative estimate of drug-likeness (QED) is 0.858. The van der Waals surface area contributed by atoms with Gasteiger partial charge in [-0.3, -0.25) is 0 Å². The molecule has 5 nitrogen and oxygen atoms in total. The van der Waals surface area contributed by atoms with Crippen molar-refractivity contribution in [3.05, 3.63) is 53.8 Å². The van der Waals surface area contributed by atoms with E-state index in [1.165, 1.54) is 11.6 Å². The van der Waals surface area contributed by atoms with Crippen LogP contribution < -0.4 is 10.5 Å². The van der Waals surface area contributed by atoms with Crippen LogP contribution in [0.1, 0.15) is 31.2 Å². The van der Waals surface area contributed by atoms with Crippen molar-refractivity contribution in [2.24, 2.45) is 11.1 Å². The van der Waals surface area contributed by atoms with Gasteiger partial charge in [0.2, 0.25) is 5.09 Å². The third-order valence-electron chi connectivity index (χ3n) is 3.24. The first-order valence-corrected chi connectivity index (χ1v) is 8.32. The van der Waals surface area contributed by atoms with E-state index < -0.39 is 10.0 Å². The zero-order chi connectivity index (χ0) is 15.5. The Hall–Kier alpha value is -1.63. The molecule has 1 aromatic heterocycles. The second-order valence-electron chi connectivity index (χ2n) is 5.28. The van der Waals surface area contributed by atoms with E-state index in [4.69, 9.17) is 9.56 Å². The minimum atomic E-state index is -3.78. The van der Waals surface area contributed by atoms with E-state index in [1.54, 1.807) is 6.07 Å². The lowest BCUT2D eigenvalue weighted by molar-refractivity contribution is 0.360. The molecule has 0 amide bonds. The van der Waals surface area contributed by atoms with Crippen molar-refractivity contribution in [1.29, 1.82) is 0 Å². The van der Waals surface area contributed by atoms with Crippen molar-refractivity contribution < 1.29 is 12.8 Å². The summed E-state index contributed by atoms with van der Waals surface area (Å²) in [6.07, 6.45) is 0. The van der Waals surface area contributed by atoms with Crippen LogP contribution in [-0.2, 0) is 16.6 Å². The topological polar surface area (TPSA) is 85.3 Å². The summed E-state index contributed by atoms with van der Waals surface area (Å²) in [7, 11) is -3.78. The Bertz CT molecular complexity index is 678. The lowest BCUT2D eigenvalue weighted by atomic mass is 9.96. The van der Waals surface area contributed by atoms with Crippen LogP contribution in [0.5, 0.6) is 0 Å². The summed E-state index contributed by atoms with van der Waals surface area (Å²) in [5.41, 5.74) is 1.19. The Balaban J connectivity index is 2.08. The van der Waals surface area contributed by atoms with Gasteiger partial charge < -0.3 is 9.73 Å². The molecule has 0 radical (unpaired) electrons. The van der Waals surface area contributed by atoms with Crippen molar-refractivity contribution >= 4 is 10.0 Å². The van der Waals surface area contributed by atoms with Crippen molar-refractivity contribution in [1.82, 2.24) is 5.32 Å². The molecule has 1 unspecified atom stereocenters. The van der Waals surface area contributed by atoms with Gasteiger partial charge in [0, 0.05) is 6.04 Å². The normalized spacial score (nSPS) is 13.5. The standard InChI is InChI=1S/C15H20N2O3S/c1-11(2)15(12-6-4-3-5-7-12)17-10-13-8-9-14(20-13)21(16,18)19/h3-9,11,15,17H,10H2,1-2H3,(H2,16,18,19). The molecule has 0 saturated carbocycles. The predicted octanol–water partition coefficient (Wildman–Crippen LogP) is 2.41. The maximum Gasteiger partial charge on any atom is 0.271 e. The highest BCUT2D eigenvalue weighted by molar-refractivity contribution is 7.89. The van der Waals surface area contributed by atoms with Crippen molar-refractivity contribution in [2.75, 3.05) is 0 Å². The largest absolute Gasteiger partial charge is 0.447 e. The van der Waals surface area contributed by atoms with Crippen LogP contribution >= 0.6 is 0 Å². The lowest BCUT2D eigenvalue weighted by Gasteiger charge is -2.22. The number of sulfonamides is 1. The van der Waals surface area contributed by atoms with E-state index in [2.05, 4.69) is 31.3 Å². The van der Waals surface area contributed by atoms with Gasteiger partial charge in [-0.05, 0) is 23.6 Å². The van der Waals surface area contributed by atoms with Crippen LogP contribution in [0.3, 0.4) is 0 Å². The number of hydrogen-bond acceptors (Lipinski definition) is 4. The molecule has 1 atom stereocenters. The number of furan rings is 1. The summed E-state index contributed by atoms with van der Waals surface area (Å²) < 4.78 is 27.6. The molecule has 1 aromatic carbocycles. The fraction of sp³-hybridized carbons (Fsp3) is 0.333. The van der Waals surface area contributed by atoms with E-state index in [1.807, 2.05) is 18.2 Å². The molecule has 0 spiro atoms. The fourth-order valence-corrected chi connectivity index (χ4v) is 2.70. The molecule has 1 heterocycles. The zero-order valence-corrected chi connectivity index (χ0v) is 12.9. The highest BCUT2D eigenvalue weighted by Gasteiger charge is 2.17. The van der Waals surface area contributed by atoms with Gasteiger partial charge >= 0.3 is 0 Å². The monoisotopic (exact) mass is 308 g/mol. The van der Waals surface area contributed by atoms with Crippen molar-refractivity contribution in [2.45, 2.75) is 31.5 Å². The van der Waals surface area contributed by atoms with Gasteiger partial charge in [0.15, 0.2) is 0 Å². The molecule has 2 rings (SSSR count). The Kier molecular flexibility index (Phi) is 4.82. The van der Waals surface area contributed by atoms with Crippen LogP contribution in [-0.4, -0.2) is 8.42 Å². The third kappa shape index (κ3) is 4.17. The summed E-state index contributed by atoms with van der Waals surface area (Å²) in [6.45, 7) is 4.69. The van der Waals surface area contributed by atoms with Crippen molar-refractivity contribution in [3.8, 4) is 0 Å². The minimum Gasteiger partial charge on any atom is -0.447 e. The summed E-state index contributed by atoms with van der Waals surface area (Å²) in [4.78, 5) is 0. The highest BCUT2D eigenvalue weighted by Crippen LogP contribution is 2.22. The fourth-order valence-electron chi connectivity index (χ4n) is 2.22. The number of primary sulfonamides is 1. The molecular formula is C15H20N2O3S. The smallest absolute Gasteiger partial charge is 0.271 e. The second-order valence-corrected chi connectivity index (χ2v) is 6.77. The average molecular weight is 308 g/mol. The van der Waals surface area contributed by atoms with Gasteiger partial charge in [-0.1, -0.05) is 44.2 Å². The number of nitrogens with two attached hydrogens (primary N) is 1. The number of nitrogens with one attached hydrogen (secondary N) is 1. The maximum atomic E-state index is 11.2. The van der Waals surface area contributed by atoms with E-state index >= 15 is 0 Å². The van der Waals surface area contributed by atoms with Gasteiger partial charge in [0.05, 0.1) is 6.54 Å². The van der Waals surface area contributed by atoms with Gasteiger partial charge in [-0.25, -0.2) is 13.6 Å². The Morgan fingerprint density at radius 3 is 2.33 bits per heavy atom. The molecule has 0 aliphatic rings. The molecule has 0 aliphatic heterocycles. The van der Waals surface area contributed by atoms with Crippen LogP contribution in [0.15, 0.2) is 52.0 Å². The first-order valence-electron chi connectivity index (χ1n) is 6.78. The zero-order valence-electron chi connectivity index (χ0n) is 12.1. The van der Waals surface area contributed by atoms with Crippen LogP contribution in [0.25, 0.3) is 0 Å². The van der Waals surface area contributed by atoms with Crippen molar-refractivity contribution in [3.63, 3.8) is 0 Å². The predicted molar refractivity (Wildman–Crippen MR) is 80.9 cm³/mol. The van der Waals surface area contributed by atoms with Crippen LogP contribution in [0.4, 0.5) is 0 Å². The summed E-state index contributed by atoms with van der Waals surface area (Å²) >= 11 is 0. The Morgan fingerprint density at radius 2 is 1.81 bits per heavy atom. The maximum absolute atomic E-state index is 11.2. The number of hydrogen-bond donors (Lipinski definition) is 2. The van der Waals surface area contributed by atoms with E-state index in [0.717, 1.165) is 0 Å². The van der Waals surface area contributed by atoms with Gasteiger partial charge in [0.25, 0.3) is 10.0 Å². The third-order valence-corrected chi connectivity index (χ3v) is 4.02. The summed E-state index contributed by atoms with van der Waals surface area (Å²) in [5.74, 6) is 0.931. The van der Waals surface area contributed by atoms with Gasteiger partial charge in [-0.15, -0.1) is 0 Å². The molecular weight excluding hydrogens is 288 g/mol. The first kappa shape index (κ1) is 15.8. The van der Waals surface area contributed by atoms with Gasteiger partial charge in [0.1, 0.15) is 5.76 Å². The molecule has 0 saturated heterocycles. The highest BCUT2D eigenvalue weighted by atomic mass is 32.2. The summed E-state index contributed by atoms with van der Waals surface area (Å²) in [6, 6.07) is 13.3. The molecule has 0 fully saturated rings. The summed E-state index contributed by atoms with van der Waals surface area (Å²) in [5, 5.41) is 8.20. The minimum absolute atomic E-state index is 0.161. The molecule has 114 valence electrons. The first-order chi connectivity index (χ1) is 9.88. The van der Waals surface area contributed by atoms with Crippen LogP contribution in [0.2, 0.25) is 0 Å². The molecule has 21 heavy (non-hydrogen) atoms. The Morgan fingerprint density at radius 1 is 1.14 bits per heavy atom. The van der Waals surface area contributed by atoms with Crippen LogP contribution in [0, 0.1) is 5.92 Å². The van der Waals surface area contributed by atoms with E-state index in [-0.39, 0.29) is 11.1 Å². The SMILES string of the molecule is CC(C)C(NCc1ccc(S(N)(=O)=O)o1)c1ccccc1. The van der Waals surface area contributed by atoms with E-state index in [9.17, 15) is 8.42 Å². The molecule has 6 heteroatoms. The molecule has 3 N–H and O–H groups in total. The van der Waals surface area contributed by atoms with E-state index in [0.29, 0.717) is 18.2 Å². The second kappa shape index (κ2) is 6.43. The molecule has 2 aromatic rings. The lowest BCUT2D eigenvalue weighted by Crippen LogP contribution is -2.25. The number of benzene rings is 1. The molecule has 0 bridgehead atoms. The Labute approximate surface area is 125 Å². The number of rotatable bonds is 6. The average Bonchev–Trinajstić information content (AvgIpc) is 2.88. The molecule has 0 aliphatic carbocycles.